The number of benzene rings is 2. The molecule has 0 saturated carbocycles. The van der Waals surface area contributed by atoms with Gasteiger partial charge in [0.05, 0.1) is 0 Å². The fourth-order valence-electron chi connectivity index (χ4n) is 2.10. The fraction of sp³-hybridized carbons (Fsp3) is 0.294. The van der Waals surface area contributed by atoms with Crippen LogP contribution in [0.25, 0.3) is 0 Å². The van der Waals surface area contributed by atoms with Gasteiger partial charge in [0.25, 0.3) is 0 Å². The highest BCUT2D eigenvalue weighted by Crippen LogP contribution is 2.21. The Morgan fingerprint density at radius 1 is 1.05 bits per heavy atom. The summed E-state index contributed by atoms with van der Waals surface area (Å²) < 4.78 is 29.2. The first-order valence-corrected chi connectivity index (χ1v) is 6.89. The fourth-order valence-corrected chi connectivity index (χ4v) is 2.10. The Morgan fingerprint density at radius 3 is 2.38 bits per heavy atom. The minimum atomic E-state index is -2.80. The number of nitrogens with one attached hydrogen (secondary N) is 1. The summed E-state index contributed by atoms with van der Waals surface area (Å²) in [6.45, 7) is 1.75. The van der Waals surface area contributed by atoms with Gasteiger partial charge in [0.2, 0.25) is 0 Å². The second-order valence-corrected chi connectivity index (χ2v) is 5.00. The summed E-state index contributed by atoms with van der Waals surface area (Å²) in [6.07, 6.45) is 0. The smallest absolute Gasteiger partial charge is 0.387 e. The van der Waals surface area contributed by atoms with Gasteiger partial charge in [-0.05, 0) is 25.5 Å². The zero-order valence-corrected chi connectivity index (χ0v) is 12.1. The number of halogens is 2. The third-order valence-corrected chi connectivity index (χ3v) is 3.36. The molecule has 0 amide bonds. The van der Waals surface area contributed by atoms with E-state index in [0.717, 1.165) is 11.1 Å². The number of para-hydroxylation sites is 1. The van der Waals surface area contributed by atoms with Gasteiger partial charge in [0.1, 0.15) is 5.75 Å². The van der Waals surface area contributed by atoms with Gasteiger partial charge >= 0.3 is 6.61 Å². The van der Waals surface area contributed by atoms with E-state index in [0.29, 0.717) is 6.54 Å². The lowest BCUT2D eigenvalue weighted by molar-refractivity contribution is -0.0505. The van der Waals surface area contributed by atoms with E-state index in [4.69, 9.17) is 0 Å². The highest BCUT2D eigenvalue weighted by molar-refractivity contribution is 5.33. The number of hydrogen-bond acceptors (Lipinski definition) is 2. The third-order valence-electron chi connectivity index (χ3n) is 3.36. The Morgan fingerprint density at radius 2 is 1.71 bits per heavy atom. The van der Waals surface area contributed by atoms with Gasteiger partial charge in [0, 0.05) is 18.2 Å². The van der Waals surface area contributed by atoms with Crippen LogP contribution >= 0.6 is 0 Å². The normalized spacial score (nSPS) is 12.4. The molecular weight excluding hydrogens is 272 g/mol. The molecule has 0 aliphatic heterocycles. The van der Waals surface area contributed by atoms with Gasteiger partial charge in [-0.3, -0.25) is 0 Å². The molecule has 0 aromatic heterocycles. The van der Waals surface area contributed by atoms with Crippen molar-refractivity contribution in [2.75, 3.05) is 0 Å². The van der Waals surface area contributed by atoms with Gasteiger partial charge < -0.3 is 10.1 Å². The molecule has 0 fully saturated rings. The topological polar surface area (TPSA) is 21.3 Å². The average Bonchev–Trinajstić information content (AvgIpc) is 2.46. The van der Waals surface area contributed by atoms with E-state index in [2.05, 4.69) is 34.3 Å². The first-order valence-electron chi connectivity index (χ1n) is 6.89. The first kappa shape index (κ1) is 15.4. The molecule has 2 aromatic carbocycles. The summed E-state index contributed by atoms with van der Waals surface area (Å²) in [5.74, 6) is 0.219. The van der Waals surface area contributed by atoms with Crippen LogP contribution in [0.5, 0.6) is 5.75 Å². The number of alkyl halides is 2. The van der Waals surface area contributed by atoms with Crippen molar-refractivity contribution in [2.24, 2.45) is 0 Å². The van der Waals surface area contributed by atoms with Gasteiger partial charge in [-0.15, -0.1) is 0 Å². The molecule has 1 unspecified atom stereocenters. The van der Waals surface area contributed by atoms with Crippen molar-refractivity contribution in [3.63, 3.8) is 0 Å². The number of rotatable bonds is 6. The molecule has 0 aliphatic rings. The molecule has 0 saturated heterocycles. The molecular formula is C17H19F2NO. The lowest BCUT2D eigenvalue weighted by Crippen LogP contribution is -2.19. The molecule has 1 N–H and O–H groups in total. The van der Waals surface area contributed by atoms with Crippen LogP contribution in [-0.4, -0.2) is 6.61 Å². The molecule has 112 valence electrons. The lowest BCUT2D eigenvalue weighted by atomic mass is 10.1. The molecule has 21 heavy (non-hydrogen) atoms. The number of ether oxygens (including phenoxy) is 1. The summed E-state index contributed by atoms with van der Waals surface area (Å²) >= 11 is 0. The summed E-state index contributed by atoms with van der Waals surface area (Å²) in [6, 6.07) is 15.2. The van der Waals surface area contributed by atoms with E-state index in [1.165, 1.54) is 5.56 Å². The van der Waals surface area contributed by atoms with Crippen LogP contribution in [0.3, 0.4) is 0 Å². The van der Waals surface area contributed by atoms with E-state index < -0.39 is 6.61 Å². The SMILES string of the molecule is Cc1ccc(C(C)NCc2ccccc2OC(F)F)cc1. The summed E-state index contributed by atoms with van der Waals surface area (Å²) in [5.41, 5.74) is 3.09. The van der Waals surface area contributed by atoms with Crippen LogP contribution in [0.1, 0.15) is 29.7 Å². The molecule has 0 bridgehead atoms. The molecule has 0 aliphatic carbocycles. The van der Waals surface area contributed by atoms with Crippen molar-refractivity contribution < 1.29 is 13.5 Å². The molecule has 0 heterocycles. The lowest BCUT2D eigenvalue weighted by Gasteiger charge is -2.16. The standard InChI is InChI=1S/C17H19F2NO/c1-12-7-9-14(10-8-12)13(2)20-11-15-5-3-4-6-16(15)21-17(18)19/h3-10,13,17,20H,11H2,1-2H3. The monoisotopic (exact) mass is 291 g/mol. The van der Waals surface area contributed by atoms with Crippen molar-refractivity contribution in [2.45, 2.75) is 33.0 Å². The van der Waals surface area contributed by atoms with Gasteiger partial charge in [-0.2, -0.15) is 8.78 Å². The number of hydrogen-bond donors (Lipinski definition) is 1. The van der Waals surface area contributed by atoms with Crippen molar-refractivity contribution >= 4 is 0 Å². The Hall–Kier alpha value is -1.94. The van der Waals surface area contributed by atoms with Gasteiger partial charge in [-0.1, -0.05) is 48.0 Å². The van der Waals surface area contributed by atoms with E-state index in [1.54, 1.807) is 18.2 Å². The molecule has 2 aromatic rings. The highest BCUT2D eigenvalue weighted by atomic mass is 19.3. The van der Waals surface area contributed by atoms with E-state index in [9.17, 15) is 8.78 Å². The minimum absolute atomic E-state index is 0.130. The molecule has 4 heteroatoms. The summed E-state index contributed by atoms with van der Waals surface area (Å²) in [4.78, 5) is 0. The third kappa shape index (κ3) is 4.53. The Bertz CT molecular complexity index is 569. The molecule has 1 atom stereocenters. The quantitative estimate of drug-likeness (QED) is 0.849. The van der Waals surface area contributed by atoms with E-state index in [1.807, 2.05) is 19.9 Å². The van der Waals surface area contributed by atoms with Crippen molar-refractivity contribution in [3.05, 3.63) is 65.2 Å². The van der Waals surface area contributed by atoms with Crippen LogP contribution < -0.4 is 10.1 Å². The van der Waals surface area contributed by atoms with Crippen LogP contribution in [0.4, 0.5) is 8.78 Å². The van der Waals surface area contributed by atoms with E-state index >= 15 is 0 Å². The van der Waals surface area contributed by atoms with Crippen molar-refractivity contribution in [3.8, 4) is 5.75 Å². The average molecular weight is 291 g/mol. The molecule has 2 rings (SSSR count). The van der Waals surface area contributed by atoms with E-state index in [-0.39, 0.29) is 11.8 Å². The predicted octanol–water partition coefficient (Wildman–Crippen LogP) is 4.45. The maximum absolute atomic E-state index is 12.4. The maximum atomic E-state index is 12.4. The van der Waals surface area contributed by atoms with Gasteiger partial charge in [0.15, 0.2) is 0 Å². The molecule has 2 nitrogen and oxygen atoms in total. The van der Waals surface area contributed by atoms with Crippen LogP contribution in [0.15, 0.2) is 48.5 Å². The molecule has 0 spiro atoms. The van der Waals surface area contributed by atoms with Gasteiger partial charge in [-0.25, -0.2) is 0 Å². The van der Waals surface area contributed by atoms with Crippen LogP contribution in [0.2, 0.25) is 0 Å². The summed E-state index contributed by atoms with van der Waals surface area (Å²) in [7, 11) is 0. The summed E-state index contributed by atoms with van der Waals surface area (Å²) in [5, 5.41) is 3.32. The second-order valence-electron chi connectivity index (χ2n) is 5.00. The maximum Gasteiger partial charge on any atom is 0.387 e. The first-order chi connectivity index (χ1) is 10.1. The van der Waals surface area contributed by atoms with Crippen LogP contribution in [-0.2, 0) is 6.54 Å². The zero-order chi connectivity index (χ0) is 15.2. The minimum Gasteiger partial charge on any atom is -0.434 e. The van der Waals surface area contributed by atoms with Crippen LogP contribution in [0, 0.1) is 6.92 Å². The number of aryl methyl sites for hydroxylation is 1. The van der Waals surface area contributed by atoms with Crippen molar-refractivity contribution in [1.82, 2.24) is 5.32 Å². The highest BCUT2D eigenvalue weighted by Gasteiger charge is 2.10. The van der Waals surface area contributed by atoms with Crippen molar-refractivity contribution in [1.29, 1.82) is 0 Å². The predicted molar refractivity (Wildman–Crippen MR) is 79.5 cm³/mol. The zero-order valence-electron chi connectivity index (χ0n) is 12.1. The largest absolute Gasteiger partial charge is 0.434 e. The Kier molecular flexibility index (Phi) is 5.28. The molecule has 0 radical (unpaired) electrons. The Balaban J connectivity index is 2.01. The Labute approximate surface area is 123 Å². The second kappa shape index (κ2) is 7.18.